The Hall–Kier alpha value is -2.35. The van der Waals surface area contributed by atoms with Crippen molar-refractivity contribution in [2.24, 2.45) is 0 Å². The van der Waals surface area contributed by atoms with E-state index < -0.39 is 11.0 Å². The van der Waals surface area contributed by atoms with E-state index in [0.29, 0.717) is 31.9 Å². The lowest BCUT2D eigenvalue weighted by Crippen LogP contribution is -2.49. The molecule has 1 fully saturated rings. The number of piperazine rings is 1. The SMILES string of the molecule is O=C(OCCO)N1CCN(c2ccccc2[N+](=O)[O-])CC1. The van der Waals surface area contributed by atoms with E-state index >= 15 is 0 Å². The van der Waals surface area contributed by atoms with Crippen LogP contribution < -0.4 is 4.90 Å². The average molecular weight is 295 g/mol. The zero-order chi connectivity index (χ0) is 15.2. The van der Waals surface area contributed by atoms with Gasteiger partial charge in [-0.3, -0.25) is 10.1 Å². The highest BCUT2D eigenvalue weighted by molar-refractivity contribution is 5.69. The van der Waals surface area contributed by atoms with E-state index in [4.69, 9.17) is 9.84 Å². The Morgan fingerprint density at radius 2 is 1.95 bits per heavy atom. The van der Waals surface area contributed by atoms with Gasteiger partial charge in [0, 0.05) is 32.2 Å². The predicted molar refractivity (Wildman–Crippen MR) is 75.3 cm³/mol. The monoisotopic (exact) mass is 295 g/mol. The van der Waals surface area contributed by atoms with Gasteiger partial charge >= 0.3 is 6.09 Å². The van der Waals surface area contributed by atoms with Crippen molar-refractivity contribution in [3.05, 3.63) is 34.4 Å². The molecule has 0 radical (unpaired) electrons. The average Bonchev–Trinajstić information content (AvgIpc) is 2.52. The Kier molecular flexibility index (Phi) is 4.94. The first-order chi connectivity index (χ1) is 10.1. The Bertz CT molecular complexity index is 514. The van der Waals surface area contributed by atoms with Crippen molar-refractivity contribution in [1.82, 2.24) is 4.90 Å². The predicted octanol–water partition coefficient (Wildman–Crippen LogP) is 0.846. The molecule has 1 aliphatic heterocycles. The molecule has 0 saturated carbocycles. The number of aliphatic hydroxyl groups excluding tert-OH is 1. The quantitative estimate of drug-likeness (QED) is 0.653. The molecule has 0 spiro atoms. The minimum Gasteiger partial charge on any atom is -0.447 e. The highest BCUT2D eigenvalue weighted by atomic mass is 16.6. The minimum absolute atomic E-state index is 0.0246. The summed E-state index contributed by atoms with van der Waals surface area (Å²) in [5.41, 5.74) is 0.625. The van der Waals surface area contributed by atoms with Crippen LogP contribution in [0.5, 0.6) is 0 Å². The molecule has 8 nitrogen and oxygen atoms in total. The third-order valence-electron chi connectivity index (χ3n) is 3.27. The molecule has 21 heavy (non-hydrogen) atoms. The first-order valence-electron chi connectivity index (χ1n) is 6.64. The van der Waals surface area contributed by atoms with Crippen molar-refractivity contribution >= 4 is 17.5 Å². The topological polar surface area (TPSA) is 96.2 Å². The lowest BCUT2D eigenvalue weighted by atomic mass is 10.2. The van der Waals surface area contributed by atoms with Crippen molar-refractivity contribution in [3.8, 4) is 0 Å². The number of nitro groups is 1. The number of benzene rings is 1. The van der Waals surface area contributed by atoms with E-state index in [-0.39, 0.29) is 18.9 Å². The summed E-state index contributed by atoms with van der Waals surface area (Å²) in [4.78, 5) is 25.7. The summed E-state index contributed by atoms with van der Waals surface area (Å²) in [6.07, 6.45) is -0.466. The lowest BCUT2D eigenvalue weighted by molar-refractivity contribution is -0.384. The molecule has 0 bridgehead atoms. The third kappa shape index (κ3) is 3.60. The van der Waals surface area contributed by atoms with Crippen LogP contribution >= 0.6 is 0 Å². The number of nitro benzene ring substituents is 1. The summed E-state index contributed by atoms with van der Waals surface area (Å²) in [7, 11) is 0. The van der Waals surface area contributed by atoms with E-state index in [2.05, 4.69) is 0 Å². The standard InChI is InChI=1S/C13H17N3O5/c17-9-10-21-13(18)15-7-5-14(6-8-15)11-3-1-2-4-12(11)16(19)20/h1-4,17H,5-10H2. The van der Waals surface area contributed by atoms with Crippen molar-refractivity contribution in [3.63, 3.8) is 0 Å². The molecule has 114 valence electrons. The summed E-state index contributed by atoms with van der Waals surface area (Å²) in [5, 5.41) is 19.6. The molecule has 0 aliphatic carbocycles. The molecule has 1 saturated heterocycles. The fourth-order valence-electron chi connectivity index (χ4n) is 2.24. The van der Waals surface area contributed by atoms with Crippen molar-refractivity contribution < 1.29 is 19.6 Å². The summed E-state index contributed by atoms with van der Waals surface area (Å²) in [6, 6.07) is 6.56. The van der Waals surface area contributed by atoms with E-state index in [9.17, 15) is 14.9 Å². The second kappa shape index (κ2) is 6.89. The highest BCUT2D eigenvalue weighted by Gasteiger charge is 2.25. The first-order valence-corrected chi connectivity index (χ1v) is 6.64. The summed E-state index contributed by atoms with van der Waals surface area (Å²) >= 11 is 0. The number of anilines is 1. The number of ether oxygens (including phenoxy) is 1. The number of amides is 1. The van der Waals surface area contributed by atoms with E-state index in [0.717, 1.165) is 0 Å². The van der Waals surface area contributed by atoms with Gasteiger partial charge in [0.15, 0.2) is 0 Å². The van der Waals surface area contributed by atoms with Crippen molar-refractivity contribution in [2.75, 3.05) is 44.3 Å². The van der Waals surface area contributed by atoms with Crippen LogP contribution in [-0.4, -0.2) is 60.4 Å². The van der Waals surface area contributed by atoms with Crippen LogP contribution in [0.1, 0.15) is 0 Å². The van der Waals surface area contributed by atoms with Crippen LogP contribution in [0.2, 0.25) is 0 Å². The molecule has 0 atom stereocenters. The molecule has 0 aromatic heterocycles. The van der Waals surface area contributed by atoms with Gasteiger partial charge in [-0.1, -0.05) is 12.1 Å². The number of aliphatic hydroxyl groups is 1. The van der Waals surface area contributed by atoms with Gasteiger partial charge in [-0.15, -0.1) is 0 Å². The number of carbonyl (C=O) groups excluding carboxylic acids is 1. The van der Waals surface area contributed by atoms with Gasteiger partial charge in [0.05, 0.1) is 11.5 Å². The summed E-state index contributed by atoms with van der Waals surface area (Å²) in [5.74, 6) is 0. The molecule has 2 rings (SSSR count). The van der Waals surface area contributed by atoms with E-state index in [1.807, 2.05) is 4.90 Å². The minimum atomic E-state index is -0.466. The molecule has 1 aromatic rings. The second-order valence-electron chi connectivity index (χ2n) is 4.56. The molecule has 1 N–H and O–H groups in total. The van der Waals surface area contributed by atoms with Gasteiger partial charge in [-0.2, -0.15) is 0 Å². The van der Waals surface area contributed by atoms with Crippen LogP contribution in [0.15, 0.2) is 24.3 Å². The maximum Gasteiger partial charge on any atom is 0.409 e. The molecule has 1 aromatic carbocycles. The fraction of sp³-hybridized carbons (Fsp3) is 0.462. The molecular formula is C13H17N3O5. The molecule has 8 heteroatoms. The lowest BCUT2D eigenvalue weighted by Gasteiger charge is -2.35. The van der Waals surface area contributed by atoms with E-state index in [1.165, 1.54) is 11.0 Å². The van der Waals surface area contributed by atoms with Crippen molar-refractivity contribution in [1.29, 1.82) is 0 Å². The number of rotatable bonds is 4. The summed E-state index contributed by atoms with van der Waals surface area (Å²) < 4.78 is 4.84. The molecule has 1 amide bonds. The van der Waals surface area contributed by atoms with E-state index in [1.54, 1.807) is 18.2 Å². The van der Waals surface area contributed by atoms with Crippen molar-refractivity contribution in [2.45, 2.75) is 0 Å². The maximum atomic E-state index is 11.6. The Morgan fingerprint density at radius 3 is 2.57 bits per heavy atom. The summed E-state index contributed by atoms with van der Waals surface area (Å²) in [6.45, 7) is 1.62. The van der Waals surface area contributed by atoms with Gasteiger partial charge in [-0.25, -0.2) is 4.79 Å². The molecular weight excluding hydrogens is 278 g/mol. The molecule has 0 unspecified atom stereocenters. The Balaban J connectivity index is 1.98. The maximum absolute atomic E-state index is 11.6. The Morgan fingerprint density at radius 1 is 1.29 bits per heavy atom. The third-order valence-corrected chi connectivity index (χ3v) is 3.27. The van der Waals surface area contributed by atoms with Gasteiger partial charge in [0.2, 0.25) is 0 Å². The molecule has 1 heterocycles. The Labute approximate surface area is 121 Å². The number of carbonyl (C=O) groups is 1. The smallest absolute Gasteiger partial charge is 0.409 e. The van der Waals surface area contributed by atoms with Gasteiger partial charge in [-0.05, 0) is 6.07 Å². The first kappa shape index (κ1) is 15.0. The number of para-hydroxylation sites is 2. The van der Waals surface area contributed by atoms with Crippen LogP contribution in [0.25, 0.3) is 0 Å². The van der Waals surface area contributed by atoms with Crippen LogP contribution in [0.4, 0.5) is 16.2 Å². The van der Waals surface area contributed by atoms with Crippen LogP contribution in [0, 0.1) is 10.1 Å². The normalized spacial score (nSPS) is 14.9. The van der Waals surface area contributed by atoms with Crippen LogP contribution in [-0.2, 0) is 4.74 Å². The fourth-order valence-corrected chi connectivity index (χ4v) is 2.24. The largest absolute Gasteiger partial charge is 0.447 e. The number of hydrogen-bond acceptors (Lipinski definition) is 6. The second-order valence-corrected chi connectivity index (χ2v) is 4.56. The van der Waals surface area contributed by atoms with Gasteiger partial charge in [0.25, 0.3) is 5.69 Å². The van der Waals surface area contributed by atoms with Crippen LogP contribution in [0.3, 0.4) is 0 Å². The zero-order valence-electron chi connectivity index (χ0n) is 11.5. The van der Waals surface area contributed by atoms with Gasteiger partial charge in [0.1, 0.15) is 12.3 Å². The zero-order valence-corrected chi connectivity index (χ0v) is 11.5. The highest BCUT2D eigenvalue weighted by Crippen LogP contribution is 2.28. The number of hydrogen-bond donors (Lipinski definition) is 1. The number of nitrogens with zero attached hydrogens (tertiary/aromatic N) is 3. The van der Waals surface area contributed by atoms with Gasteiger partial charge < -0.3 is 19.6 Å². The molecule has 1 aliphatic rings.